The van der Waals surface area contributed by atoms with E-state index in [1.807, 2.05) is 58.0 Å². The van der Waals surface area contributed by atoms with Gasteiger partial charge in [0.25, 0.3) is 0 Å². The average Bonchev–Trinajstić information content (AvgIpc) is 4.06. The number of hydrogen-bond acceptors (Lipinski definition) is 14. The number of likely N-dealkylation sites (tertiary alicyclic amines) is 2. The van der Waals surface area contributed by atoms with Crippen molar-refractivity contribution in [2.24, 2.45) is 35.0 Å². The predicted molar refractivity (Wildman–Crippen MR) is 281 cm³/mol. The maximum atomic E-state index is 14.7. The van der Waals surface area contributed by atoms with E-state index in [1.165, 1.54) is 26.2 Å². The number of rotatable bonds is 27. The number of nitrogens with one attached hydrogen (secondary N) is 3. The molecular weight excluding hydrogens is 967 g/mol. The predicted octanol–water partition coefficient (Wildman–Crippen LogP) is 3.00. The number of likely N-dealkylation sites (N-methyl/N-ethyl adjacent to an activating group) is 1. The first-order chi connectivity index (χ1) is 35.5. The van der Waals surface area contributed by atoms with Crippen molar-refractivity contribution in [1.82, 2.24) is 25.3 Å². The van der Waals surface area contributed by atoms with Gasteiger partial charge in [-0.2, -0.15) is 0 Å². The number of benzene rings is 2. The Morgan fingerprint density at radius 3 is 2.07 bits per heavy atom. The van der Waals surface area contributed by atoms with Crippen molar-refractivity contribution in [3.05, 3.63) is 65.7 Å². The number of carbonyl (C=O) groups is 8. The molecule has 21 nitrogen and oxygen atoms in total. The quantitative estimate of drug-likeness (QED) is 0.0702. The first kappa shape index (κ1) is 61.4. The van der Waals surface area contributed by atoms with Gasteiger partial charge in [0.15, 0.2) is 0 Å². The van der Waals surface area contributed by atoms with Gasteiger partial charge in [0.05, 0.1) is 55.8 Å². The highest BCUT2D eigenvalue weighted by Crippen LogP contribution is 2.33. The molecule has 0 spiro atoms. The van der Waals surface area contributed by atoms with E-state index >= 15 is 0 Å². The molecule has 2 heterocycles. The first-order valence-electron chi connectivity index (χ1n) is 26.0. The fraction of sp³-hybridized carbons (Fsp3) is 0.630. The lowest BCUT2D eigenvalue weighted by molar-refractivity contribution is -0.149. The number of nitrogens with zero attached hydrogens (tertiary/aromatic N) is 3. The van der Waals surface area contributed by atoms with Gasteiger partial charge in [-0.15, -0.1) is 0 Å². The third kappa shape index (κ3) is 16.2. The summed E-state index contributed by atoms with van der Waals surface area (Å²) in [5.41, 5.74) is 17.4. The SMILES string of the molecule is CC[C@H](C)[C@@H]([C@@H](CC(=O)N1CCC[C@H]1[C@H](OC)[C@@H](C)C(=O)N[C@@H](Cc1ccccc1)C(=O)OC)OC)N(C)C(=O)[C@@H](NC(=O)[C@]1(C)CCCN1C(=O)OCc1ccc(NC(=O)[C@@H](N)CCC(N)C(N)=O)cc1)C(C)C. The normalized spacial score (nSPS) is 20.1. The van der Waals surface area contributed by atoms with Gasteiger partial charge in [0.1, 0.15) is 24.2 Å². The second-order valence-electron chi connectivity index (χ2n) is 20.5. The van der Waals surface area contributed by atoms with Crippen LogP contribution in [0.3, 0.4) is 0 Å². The zero-order valence-electron chi connectivity index (χ0n) is 45.5. The first-order valence-corrected chi connectivity index (χ1v) is 26.0. The number of amides is 7. The van der Waals surface area contributed by atoms with Crippen LogP contribution >= 0.6 is 0 Å². The smallest absolute Gasteiger partial charge is 0.410 e. The maximum Gasteiger partial charge on any atom is 0.410 e. The summed E-state index contributed by atoms with van der Waals surface area (Å²) in [5.74, 6) is -4.58. The van der Waals surface area contributed by atoms with Crippen LogP contribution in [0.1, 0.15) is 104 Å². The Labute approximate surface area is 441 Å². The molecular formula is C54H83N9O12. The largest absolute Gasteiger partial charge is 0.467 e. The summed E-state index contributed by atoms with van der Waals surface area (Å²) in [5, 5.41) is 8.53. The van der Waals surface area contributed by atoms with Crippen LogP contribution in [-0.2, 0) is 65.5 Å². The molecule has 2 aliphatic rings. The molecule has 2 fully saturated rings. The Balaban J connectivity index is 1.41. The molecule has 4 rings (SSSR count). The van der Waals surface area contributed by atoms with E-state index in [1.54, 1.807) is 55.0 Å². The highest BCUT2D eigenvalue weighted by atomic mass is 16.6. The van der Waals surface area contributed by atoms with E-state index in [0.717, 1.165) is 5.56 Å². The third-order valence-electron chi connectivity index (χ3n) is 15.0. The van der Waals surface area contributed by atoms with Gasteiger partial charge < -0.3 is 61.9 Å². The average molecular weight is 1050 g/mol. The number of ether oxygens (including phenoxy) is 4. The molecule has 416 valence electrons. The van der Waals surface area contributed by atoms with Gasteiger partial charge in [0, 0.05) is 46.5 Å². The molecule has 0 saturated carbocycles. The monoisotopic (exact) mass is 1050 g/mol. The topological polar surface area (TPSA) is 297 Å². The fourth-order valence-corrected chi connectivity index (χ4v) is 10.1. The summed E-state index contributed by atoms with van der Waals surface area (Å²) in [6.07, 6.45) is 1.00. The number of carbonyl (C=O) groups excluding carboxylic acids is 8. The number of hydrogen-bond donors (Lipinski definition) is 6. The lowest BCUT2D eigenvalue weighted by atomic mass is 9.89. The molecule has 0 aromatic heterocycles. The summed E-state index contributed by atoms with van der Waals surface area (Å²) in [7, 11) is 5.92. The van der Waals surface area contributed by atoms with E-state index in [4.69, 9.17) is 36.1 Å². The van der Waals surface area contributed by atoms with E-state index in [-0.39, 0.29) is 56.6 Å². The zero-order chi connectivity index (χ0) is 55.7. The highest BCUT2D eigenvalue weighted by molar-refractivity contribution is 5.95. The number of esters is 1. The Hall–Kier alpha value is -6.16. The Morgan fingerprint density at radius 1 is 0.827 bits per heavy atom. The van der Waals surface area contributed by atoms with Crippen molar-refractivity contribution in [1.29, 1.82) is 0 Å². The molecule has 1 unspecified atom stereocenters. The van der Waals surface area contributed by atoms with Crippen LogP contribution in [0.25, 0.3) is 0 Å². The van der Waals surface area contributed by atoms with Crippen LogP contribution in [-0.4, -0.2) is 158 Å². The molecule has 2 aromatic carbocycles. The number of methoxy groups -OCH3 is 3. The Morgan fingerprint density at radius 2 is 1.48 bits per heavy atom. The van der Waals surface area contributed by atoms with Gasteiger partial charge in [0.2, 0.25) is 35.4 Å². The van der Waals surface area contributed by atoms with Crippen molar-refractivity contribution in [2.75, 3.05) is 46.8 Å². The molecule has 11 atom stereocenters. The lowest BCUT2D eigenvalue weighted by Gasteiger charge is -2.41. The number of nitrogens with two attached hydrogens (primary N) is 3. The molecule has 9 N–H and O–H groups in total. The van der Waals surface area contributed by atoms with Crippen LogP contribution in [0.5, 0.6) is 0 Å². The van der Waals surface area contributed by atoms with Gasteiger partial charge >= 0.3 is 12.1 Å². The summed E-state index contributed by atoms with van der Waals surface area (Å²) in [4.78, 5) is 112. The van der Waals surface area contributed by atoms with E-state index < -0.39 is 102 Å². The summed E-state index contributed by atoms with van der Waals surface area (Å²) < 4.78 is 22.7. The minimum atomic E-state index is -1.34. The molecule has 0 aliphatic carbocycles. The van der Waals surface area contributed by atoms with E-state index in [2.05, 4.69) is 16.0 Å². The van der Waals surface area contributed by atoms with Gasteiger partial charge in [-0.1, -0.05) is 83.5 Å². The van der Waals surface area contributed by atoms with Crippen LogP contribution in [0.4, 0.5) is 10.5 Å². The van der Waals surface area contributed by atoms with E-state index in [9.17, 15) is 38.4 Å². The van der Waals surface area contributed by atoms with Gasteiger partial charge in [-0.25, -0.2) is 9.59 Å². The minimum Gasteiger partial charge on any atom is -0.467 e. The lowest BCUT2D eigenvalue weighted by Crippen LogP contribution is -2.62. The van der Waals surface area contributed by atoms with Crippen LogP contribution < -0.4 is 33.2 Å². The van der Waals surface area contributed by atoms with E-state index in [0.29, 0.717) is 49.9 Å². The third-order valence-corrected chi connectivity index (χ3v) is 15.0. The number of anilines is 1. The fourth-order valence-electron chi connectivity index (χ4n) is 10.1. The molecule has 0 radical (unpaired) electrons. The van der Waals surface area contributed by atoms with Gasteiger partial charge in [-0.3, -0.25) is 33.7 Å². The zero-order valence-corrected chi connectivity index (χ0v) is 45.5. The summed E-state index contributed by atoms with van der Waals surface area (Å²) >= 11 is 0. The van der Waals surface area contributed by atoms with Crippen LogP contribution in [0, 0.1) is 17.8 Å². The highest BCUT2D eigenvalue weighted by Gasteiger charge is 2.49. The molecule has 21 heteroatoms. The molecule has 2 saturated heterocycles. The maximum absolute atomic E-state index is 14.7. The van der Waals surface area contributed by atoms with Crippen molar-refractivity contribution >= 4 is 53.2 Å². The molecule has 2 aromatic rings. The van der Waals surface area contributed by atoms with Crippen molar-refractivity contribution < 1.29 is 57.3 Å². The van der Waals surface area contributed by atoms with Crippen LogP contribution in [0.15, 0.2) is 54.6 Å². The minimum absolute atomic E-state index is 0.0852. The van der Waals surface area contributed by atoms with Crippen molar-refractivity contribution in [2.45, 2.75) is 160 Å². The summed E-state index contributed by atoms with van der Waals surface area (Å²) in [6, 6.07) is 11.0. The van der Waals surface area contributed by atoms with Gasteiger partial charge in [-0.05, 0) is 80.5 Å². The second kappa shape index (κ2) is 28.7. The standard InChI is InChI=1S/C54H83N9O12/c1-11-33(4)45(42(72-8)30-43(64)62-27-15-19-41(62)46(73-9)34(5)48(66)59-40(51(69)74-10)29-35-17-13-12-14-18-35)61(7)50(68)44(32(2)3)60-52(70)54(6)26-16-28-63(54)53(71)75-31-36-20-22-37(23-21-36)58-49(67)39(56)25-24-38(55)47(57)65/h12-14,17-18,20-23,32-34,38-42,44-46H,11,15-16,19,24-31,55-56H2,1-10H3,(H2,57,65)(H,58,67)(H,59,66)(H,60,70)/t33-,34+,38?,39-,40-,41-,42+,44-,45-,46+,54-/m0/s1. The number of primary amides is 1. The second-order valence-corrected chi connectivity index (χ2v) is 20.5. The van der Waals surface area contributed by atoms with Crippen LogP contribution in [0.2, 0.25) is 0 Å². The van der Waals surface area contributed by atoms with Crippen molar-refractivity contribution in [3.8, 4) is 0 Å². The molecule has 2 aliphatic heterocycles. The Kier molecular flexibility index (Phi) is 23.5. The summed E-state index contributed by atoms with van der Waals surface area (Å²) in [6.45, 7) is 11.5. The Bertz CT molecular complexity index is 2250. The molecule has 75 heavy (non-hydrogen) atoms. The molecule has 7 amide bonds. The van der Waals surface area contributed by atoms with Crippen molar-refractivity contribution in [3.63, 3.8) is 0 Å². The molecule has 0 bridgehead atoms.